The maximum Gasteiger partial charge on any atom is 0.0796 e. The highest BCUT2D eigenvalue weighted by Gasteiger charge is 2.20. The van der Waals surface area contributed by atoms with E-state index in [1.54, 1.807) is 0 Å². The first-order valence-corrected chi connectivity index (χ1v) is 5.58. The predicted octanol–water partition coefficient (Wildman–Crippen LogP) is 2.46. The van der Waals surface area contributed by atoms with E-state index in [-0.39, 0.29) is 6.10 Å². The summed E-state index contributed by atoms with van der Waals surface area (Å²) in [5.74, 6) is 0.527. The van der Waals surface area contributed by atoms with E-state index in [0.29, 0.717) is 5.92 Å². The molecule has 2 atom stereocenters. The molecule has 1 heterocycles. The largest absolute Gasteiger partial charge is 0.388 e. The predicted molar refractivity (Wildman–Crippen MR) is 59.7 cm³/mol. The van der Waals surface area contributed by atoms with Crippen molar-refractivity contribution in [2.75, 3.05) is 13.2 Å². The lowest BCUT2D eigenvalue weighted by atomic mass is 9.94. The summed E-state index contributed by atoms with van der Waals surface area (Å²) in [6.45, 7) is 3.71. The molecule has 0 spiro atoms. The molecule has 2 heteroatoms. The molecule has 1 N–H and O–H groups in total. The minimum Gasteiger partial charge on any atom is -0.388 e. The molecule has 0 saturated carbocycles. The van der Waals surface area contributed by atoms with E-state index in [1.165, 1.54) is 5.56 Å². The minimum absolute atomic E-state index is 0.335. The zero-order valence-electron chi connectivity index (χ0n) is 9.15. The second-order valence-electron chi connectivity index (χ2n) is 4.34. The molecule has 2 unspecified atom stereocenters. The topological polar surface area (TPSA) is 29.5 Å². The number of aliphatic hydroxyl groups excluding tert-OH is 1. The fraction of sp³-hybridized carbons (Fsp3) is 0.538. The van der Waals surface area contributed by atoms with Crippen molar-refractivity contribution in [3.63, 3.8) is 0 Å². The lowest BCUT2D eigenvalue weighted by Crippen LogP contribution is -2.08. The highest BCUT2D eigenvalue weighted by molar-refractivity contribution is 5.27. The van der Waals surface area contributed by atoms with Gasteiger partial charge in [0.05, 0.1) is 6.10 Å². The van der Waals surface area contributed by atoms with Crippen LogP contribution in [0, 0.1) is 12.8 Å². The first-order chi connectivity index (χ1) is 7.27. The average molecular weight is 206 g/mol. The Morgan fingerprint density at radius 1 is 1.47 bits per heavy atom. The van der Waals surface area contributed by atoms with Gasteiger partial charge in [0.2, 0.25) is 0 Å². The van der Waals surface area contributed by atoms with Crippen LogP contribution in [0.5, 0.6) is 0 Å². The summed E-state index contributed by atoms with van der Waals surface area (Å²) in [5, 5.41) is 10.1. The monoisotopic (exact) mass is 206 g/mol. The standard InChI is InChI=1S/C13H18O2/c1-10-4-2-3-5-12(10)13(14)8-11-6-7-15-9-11/h2-5,11,13-14H,6-9H2,1H3. The number of rotatable bonds is 3. The molecule has 15 heavy (non-hydrogen) atoms. The molecule has 1 aromatic carbocycles. The van der Waals surface area contributed by atoms with Gasteiger partial charge in [0, 0.05) is 13.2 Å². The Kier molecular flexibility index (Phi) is 3.39. The Morgan fingerprint density at radius 2 is 2.27 bits per heavy atom. The maximum atomic E-state index is 10.1. The summed E-state index contributed by atoms with van der Waals surface area (Å²) in [6.07, 6.45) is 1.58. The Balaban J connectivity index is 2.00. The SMILES string of the molecule is Cc1ccccc1C(O)CC1CCOC1. The van der Waals surface area contributed by atoms with E-state index in [2.05, 4.69) is 0 Å². The number of benzene rings is 1. The van der Waals surface area contributed by atoms with Crippen LogP contribution in [0.1, 0.15) is 30.1 Å². The Labute approximate surface area is 90.9 Å². The lowest BCUT2D eigenvalue weighted by Gasteiger charge is -2.16. The van der Waals surface area contributed by atoms with E-state index in [4.69, 9.17) is 4.74 Å². The highest BCUT2D eigenvalue weighted by atomic mass is 16.5. The molecule has 1 aromatic rings. The summed E-state index contributed by atoms with van der Waals surface area (Å²) in [4.78, 5) is 0. The average Bonchev–Trinajstić information content (AvgIpc) is 2.71. The third kappa shape index (κ3) is 2.58. The number of aliphatic hydroxyl groups is 1. The quantitative estimate of drug-likeness (QED) is 0.823. The van der Waals surface area contributed by atoms with Gasteiger partial charge in [0.15, 0.2) is 0 Å². The fourth-order valence-electron chi connectivity index (χ4n) is 2.17. The van der Waals surface area contributed by atoms with Crippen LogP contribution in [-0.4, -0.2) is 18.3 Å². The van der Waals surface area contributed by atoms with Crippen molar-refractivity contribution in [2.24, 2.45) is 5.92 Å². The van der Waals surface area contributed by atoms with Crippen molar-refractivity contribution in [2.45, 2.75) is 25.9 Å². The Bertz CT molecular complexity index is 316. The number of ether oxygens (including phenoxy) is 1. The van der Waals surface area contributed by atoms with Crippen LogP contribution >= 0.6 is 0 Å². The normalized spacial score (nSPS) is 22.9. The van der Waals surface area contributed by atoms with E-state index in [9.17, 15) is 5.11 Å². The van der Waals surface area contributed by atoms with E-state index in [1.807, 2.05) is 31.2 Å². The molecule has 1 fully saturated rings. The van der Waals surface area contributed by atoms with Gasteiger partial charge in [0.25, 0.3) is 0 Å². The summed E-state index contributed by atoms with van der Waals surface area (Å²) in [6, 6.07) is 8.04. The van der Waals surface area contributed by atoms with Gasteiger partial charge < -0.3 is 9.84 Å². The summed E-state index contributed by atoms with van der Waals surface area (Å²) in [7, 11) is 0. The summed E-state index contributed by atoms with van der Waals surface area (Å²) in [5.41, 5.74) is 2.23. The molecule has 0 amide bonds. The smallest absolute Gasteiger partial charge is 0.0796 e. The van der Waals surface area contributed by atoms with Crippen LogP contribution in [0.2, 0.25) is 0 Å². The van der Waals surface area contributed by atoms with Gasteiger partial charge in [-0.15, -0.1) is 0 Å². The molecule has 2 nitrogen and oxygen atoms in total. The van der Waals surface area contributed by atoms with Crippen molar-refractivity contribution in [3.05, 3.63) is 35.4 Å². The second kappa shape index (κ2) is 4.77. The van der Waals surface area contributed by atoms with E-state index in [0.717, 1.165) is 31.6 Å². The molecule has 0 bridgehead atoms. The lowest BCUT2D eigenvalue weighted by molar-refractivity contribution is 0.129. The third-order valence-corrected chi connectivity index (χ3v) is 3.13. The molecule has 0 aromatic heterocycles. The van der Waals surface area contributed by atoms with Crippen LogP contribution in [0.25, 0.3) is 0 Å². The molecular weight excluding hydrogens is 188 g/mol. The Hall–Kier alpha value is -0.860. The molecule has 1 aliphatic rings. The molecule has 0 radical (unpaired) electrons. The van der Waals surface area contributed by atoms with Crippen molar-refractivity contribution >= 4 is 0 Å². The fourth-order valence-corrected chi connectivity index (χ4v) is 2.17. The summed E-state index contributed by atoms with van der Waals surface area (Å²) < 4.78 is 5.31. The number of aryl methyl sites for hydroxylation is 1. The first kappa shape index (κ1) is 10.7. The number of hydrogen-bond donors (Lipinski definition) is 1. The van der Waals surface area contributed by atoms with Gasteiger partial charge in [-0.25, -0.2) is 0 Å². The Morgan fingerprint density at radius 3 is 2.93 bits per heavy atom. The van der Waals surface area contributed by atoms with Crippen LogP contribution in [-0.2, 0) is 4.74 Å². The molecule has 2 rings (SSSR count). The van der Waals surface area contributed by atoms with Gasteiger partial charge >= 0.3 is 0 Å². The van der Waals surface area contributed by atoms with E-state index >= 15 is 0 Å². The van der Waals surface area contributed by atoms with E-state index < -0.39 is 0 Å². The van der Waals surface area contributed by atoms with Crippen molar-refractivity contribution in [1.82, 2.24) is 0 Å². The van der Waals surface area contributed by atoms with Crippen LogP contribution in [0.4, 0.5) is 0 Å². The molecule has 82 valence electrons. The van der Waals surface area contributed by atoms with Gasteiger partial charge in [-0.1, -0.05) is 24.3 Å². The number of hydrogen-bond acceptors (Lipinski definition) is 2. The molecule has 0 aliphatic carbocycles. The van der Waals surface area contributed by atoms with Crippen LogP contribution in [0.15, 0.2) is 24.3 Å². The van der Waals surface area contributed by atoms with Gasteiger partial charge in [-0.05, 0) is 36.8 Å². The third-order valence-electron chi connectivity index (χ3n) is 3.13. The second-order valence-corrected chi connectivity index (χ2v) is 4.34. The molecule has 1 saturated heterocycles. The van der Waals surface area contributed by atoms with Crippen molar-refractivity contribution < 1.29 is 9.84 Å². The van der Waals surface area contributed by atoms with Crippen LogP contribution in [0.3, 0.4) is 0 Å². The van der Waals surface area contributed by atoms with Crippen molar-refractivity contribution in [1.29, 1.82) is 0 Å². The zero-order valence-corrected chi connectivity index (χ0v) is 9.15. The van der Waals surface area contributed by atoms with Gasteiger partial charge in [0.1, 0.15) is 0 Å². The van der Waals surface area contributed by atoms with Crippen LogP contribution < -0.4 is 0 Å². The first-order valence-electron chi connectivity index (χ1n) is 5.58. The highest BCUT2D eigenvalue weighted by Crippen LogP contribution is 2.27. The van der Waals surface area contributed by atoms with Gasteiger partial charge in [-0.3, -0.25) is 0 Å². The van der Waals surface area contributed by atoms with Gasteiger partial charge in [-0.2, -0.15) is 0 Å². The molecule has 1 aliphatic heterocycles. The maximum absolute atomic E-state index is 10.1. The minimum atomic E-state index is -0.335. The zero-order chi connectivity index (χ0) is 10.7. The molecular formula is C13H18O2. The van der Waals surface area contributed by atoms with Crippen molar-refractivity contribution in [3.8, 4) is 0 Å². The summed E-state index contributed by atoms with van der Waals surface area (Å²) >= 11 is 0.